The number of aryl methyl sites for hydroxylation is 1. The molecule has 166 valence electrons. The molecule has 8 heteroatoms. The average Bonchev–Trinajstić information content (AvgIpc) is 3.45. The molecule has 0 amide bonds. The Morgan fingerprint density at radius 1 is 0.758 bits per heavy atom. The molecular formula is C25H16I2O2S4. The summed E-state index contributed by atoms with van der Waals surface area (Å²) in [6, 6.07) is 12.8. The second kappa shape index (κ2) is 11.6. The molecule has 0 radical (unpaired) electrons. The molecule has 0 saturated carbocycles. The summed E-state index contributed by atoms with van der Waals surface area (Å²) in [5.41, 5.74) is 4.25. The van der Waals surface area contributed by atoms with Gasteiger partial charge in [0.05, 0.1) is 24.0 Å². The van der Waals surface area contributed by atoms with Gasteiger partial charge in [-0.3, -0.25) is 0 Å². The monoisotopic (exact) mass is 730 g/mol. The Morgan fingerprint density at radius 3 is 1.91 bits per heavy atom. The summed E-state index contributed by atoms with van der Waals surface area (Å²) in [5, 5.41) is 10.4. The van der Waals surface area contributed by atoms with Gasteiger partial charge in [0.2, 0.25) is 0 Å². The number of hydrogen-bond donors (Lipinski definition) is 0. The summed E-state index contributed by atoms with van der Waals surface area (Å²) in [6.45, 7) is 2.11. The second-order valence-electron chi connectivity index (χ2n) is 6.82. The van der Waals surface area contributed by atoms with Crippen LogP contribution in [0.5, 0.6) is 11.5 Å². The van der Waals surface area contributed by atoms with Crippen LogP contribution in [0.2, 0.25) is 0 Å². The highest BCUT2D eigenvalue weighted by Crippen LogP contribution is 2.43. The summed E-state index contributed by atoms with van der Waals surface area (Å²) >= 11 is 7.74. The number of hydrogen-bond acceptors (Lipinski definition) is 6. The number of benzene rings is 2. The maximum atomic E-state index is 5.84. The van der Waals surface area contributed by atoms with E-state index in [4.69, 9.17) is 9.47 Å². The lowest BCUT2D eigenvalue weighted by molar-refractivity contribution is 0.416. The zero-order valence-corrected chi connectivity index (χ0v) is 25.3. The van der Waals surface area contributed by atoms with Gasteiger partial charge in [0.15, 0.2) is 0 Å². The Bertz CT molecular complexity index is 1450. The Hall–Kier alpha value is -1.02. The van der Waals surface area contributed by atoms with E-state index in [0.29, 0.717) is 0 Å². The van der Waals surface area contributed by atoms with E-state index >= 15 is 0 Å². The summed E-state index contributed by atoms with van der Waals surface area (Å²) in [4.78, 5) is 3.30. The molecule has 0 aliphatic rings. The van der Waals surface area contributed by atoms with Crippen LogP contribution in [0.25, 0.3) is 33.0 Å². The van der Waals surface area contributed by atoms with Crippen LogP contribution in [0.1, 0.15) is 14.6 Å². The van der Waals surface area contributed by atoms with Crippen LogP contribution in [-0.4, -0.2) is 14.2 Å². The van der Waals surface area contributed by atoms with Gasteiger partial charge in [-0.05, 0) is 99.7 Å². The highest BCUT2D eigenvalue weighted by molar-refractivity contribution is 14.2. The number of ether oxygens (including phenoxy) is 2. The third-order valence-corrected chi connectivity index (χ3v) is 8.46. The molecule has 2 aromatic carbocycles. The maximum Gasteiger partial charge on any atom is 0.127 e. The van der Waals surface area contributed by atoms with Crippen molar-refractivity contribution in [2.45, 2.75) is 6.92 Å². The lowest BCUT2D eigenvalue weighted by atomic mass is 9.96. The molecule has 0 saturated heterocycles. The van der Waals surface area contributed by atoms with Crippen molar-refractivity contribution in [1.29, 1.82) is 0 Å². The molecule has 0 aliphatic carbocycles. The number of methoxy groups -OCH3 is 2. The van der Waals surface area contributed by atoms with Crippen LogP contribution in [0, 0.1) is 29.3 Å². The van der Waals surface area contributed by atoms with E-state index < -0.39 is 0 Å². The molecule has 0 fully saturated rings. The van der Waals surface area contributed by atoms with E-state index in [1.165, 1.54) is 22.7 Å². The van der Waals surface area contributed by atoms with Crippen molar-refractivity contribution in [2.24, 2.45) is 0 Å². The van der Waals surface area contributed by atoms with Crippen LogP contribution in [-0.2, 0) is 0 Å². The van der Waals surface area contributed by atoms with Crippen molar-refractivity contribution in [3.05, 3.63) is 56.4 Å². The SMILES string of the molecule is COc1cc2cc(-c3cc(C)sc3C#CSI)c(OC)cc2cc1-c1ccsc1C#CSI. The molecule has 0 bridgehead atoms. The zero-order chi connectivity index (χ0) is 23.4. The fourth-order valence-electron chi connectivity index (χ4n) is 3.62. The van der Waals surface area contributed by atoms with Crippen LogP contribution < -0.4 is 9.47 Å². The van der Waals surface area contributed by atoms with Gasteiger partial charge in [-0.15, -0.1) is 22.7 Å². The van der Waals surface area contributed by atoms with E-state index in [1.807, 2.05) is 0 Å². The summed E-state index contributed by atoms with van der Waals surface area (Å²) in [5.74, 6) is 8.18. The largest absolute Gasteiger partial charge is 0.496 e. The minimum absolute atomic E-state index is 0.824. The van der Waals surface area contributed by atoms with Gasteiger partial charge in [0.25, 0.3) is 0 Å². The van der Waals surface area contributed by atoms with E-state index in [0.717, 1.165) is 54.3 Å². The summed E-state index contributed by atoms with van der Waals surface area (Å²) in [6.07, 6.45) is 0. The Labute approximate surface area is 234 Å². The van der Waals surface area contributed by atoms with Crippen LogP contribution in [0.3, 0.4) is 0 Å². The molecule has 0 atom stereocenters. The van der Waals surface area contributed by atoms with Gasteiger partial charge >= 0.3 is 0 Å². The van der Waals surface area contributed by atoms with Gasteiger partial charge in [-0.1, -0.05) is 0 Å². The predicted octanol–water partition coefficient (Wildman–Crippen LogP) is 9.41. The van der Waals surface area contributed by atoms with Crippen LogP contribution in [0.4, 0.5) is 0 Å². The lowest BCUT2D eigenvalue weighted by Gasteiger charge is -2.14. The number of rotatable bonds is 4. The molecule has 0 aliphatic heterocycles. The molecule has 0 spiro atoms. The van der Waals surface area contributed by atoms with Crippen LogP contribution >= 0.6 is 83.0 Å². The Morgan fingerprint density at radius 2 is 1.33 bits per heavy atom. The van der Waals surface area contributed by atoms with Crippen molar-refractivity contribution in [3.8, 4) is 56.1 Å². The molecule has 2 nitrogen and oxygen atoms in total. The third kappa shape index (κ3) is 5.47. The normalized spacial score (nSPS) is 10.3. The molecule has 4 rings (SSSR count). The second-order valence-corrected chi connectivity index (χ2v) is 12.4. The fourth-order valence-corrected chi connectivity index (χ4v) is 6.33. The van der Waals surface area contributed by atoms with Gasteiger partial charge in [-0.25, -0.2) is 0 Å². The maximum absolute atomic E-state index is 5.84. The minimum Gasteiger partial charge on any atom is -0.496 e. The first-order chi connectivity index (χ1) is 16.1. The first-order valence-corrected chi connectivity index (χ1v) is 18.0. The minimum atomic E-state index is 0.824. The molecule has 2 aromatic heterocycles. The van der Waals surface area contributed by atoms with Crippen molar-refractivity contribution in [2.75, 3.05) is 14.2 Å². The molecule has 0 N–H and O–H groups in total. The fraction of sp³-hybridized carbons (Fsp3) is 0.120. The lowest BCUT2D eigenvalue weighted by Crippen LogP contribution is -1.92. The first kappa shape index (κ1) is 25.1. The molecule has 0 unspecified atom stereocenters. The molecular weight excluding hydrogens is 714 g/mol. The molecule has 4 aromatic rings. The Balaban J connectivity index is 1.92. The van der Waals surface area contributed by atoms with Gasteiger partial charge in [0, 0.05) is 69.5 Å². The van der Waals surface area contributed by atoms with Crippen molar-refractivity contribution < 1.29 is 9.47 Å². The van der Waals surface area contributed by atoms with E-state index in [2.05, 4.69) is 113 Å². The molecule has 33 heavy (non-hydrogen) atoms. The molecule has 2 heterocycles. The quantitative estimate of drug-likeness (QED) is 0.154. The standard InChI is InChI=1S/C25H16I2O2S4/c1-15-10-21(25(33-15)6-9-32-27)20-12-17-13-22(28-2)19(11-16(17)14-23(20)29-3)18-4-7-30-24(18)5-8-31-26/h4,7,10-14H,1-3H3. The summed E-state index contributed by atoms with van der Waals surface area (Å²) < 4.78 is 11.6. The number of fused-ring (bicyclic) bond motifs is 1. The first-order valence-electron chi connectivity index (χ1n) is 9.55. The van der Waals surface area contributed by atoms with Crippen molar-refractivity contribution in [3.63, 3.8) is 0 Å². The van der Waals surface area contributed by atoms with E-state index in [-0.39, 0.29) is 0 Å². The van der Waals surface area contributed by atoms with Crippen LogP contribution in [0.15, 0.2) is 41.8 Å². The van der Waals surface area contributed by atoms with Gasteiger partial charge in [0.1, 0.15) is 11.5 Å². The highest BCUT2D eigenvalue weighted by atomic mass is 127. The average molecular weight is 730 g/mol. The van der Waals surface area contributed by atoms with E-state index in [1.54, 1.807) is 36.9 Å². The summed E-state index contributed by atoms with van der Waals surface area (Å²) in [7, 11) is 6.41. The third-order valence-electron chi connectivity index (χ3n) is 4.98. The van der Waals surface area contributed by atoms with E-state index in [9.17, 15) is 0 Å². The topological polar surface area (TPSA) is 18.5 Å². The van der Waals surface area contributed by atoms with Gasteiger partial charge < -0.3 is 9.47 Å². The van der Waals surface area contributed by atoms with Gasteiger partial charge in [-0.2, -0.15) is 0 Å². The number of thiophene rings is 2. The van der Waals surface area contributed by atoms with Crippen molar-refractivity contribution in [1.82, 2.24) is 0 Å². The van der Waals surface area contributed by atoms with Crippen molar-refractivity contribution >= 4 is 93.7 Å². The smallest absolute Gasteiger partial charge is 0.127 e. The zero-order valence-electron chi connectivity index (χ0n) is 17.7. The Kier molecular flexibility index (Phi) is 8.82. The number of halogens is 2. The predicted molar refractivity (Wildman–Crippen MR) is 165 cm³/mol. The highest BCUT2D eigenvalue weighted by Gasteiger charge is 2.17.